The number of likely N-dealkylation sites (N-methyl/N-ethyl adjacent to an activating group) is 1. The van der Waals surface area contributed by atoms with Crippen LogP contribution in [0.25, 0.3) is 0 Å². The highest BCUT2D eigenvalue weighted by Gasteiger charge is 2.11. The Morgan fingerprint density at radius 3 is 2.65 bits per heavy atom. The molecule has 0 radical (unpaired) electrons. The molecule has 1 aromatic carbocycles. The molecule has 0 unspecified atom stereocenters. The summed E-state index contributed by atoms with van der Waals surface area (Å²) in [6, 6.07) is 5.94. The monoisotopic (exact) mass is 235 g/mol. The van der Waals surface area contributed by atoms with Gasteiger partial charge in [0.2, 0.25) is 0 Å². The number of hydrogen-bond acceptors (Lipinski definition) is 3. The van der Waals surface area contributed by atoms with E-state index in [0.29, 0.717) is 13.2 Å². The Labute approximate surface area is 103 Å². The molecule has 0 bridgehead atoms. The molecule has 0 aliphatic rings. The highest BCUT2D eigenvalue weighted by atomic mass is 16.5. The predicted molar refractivity (Wildman–Crippen MR) is 69.6 cm³/mol. The molecule has 0 saturated heterocycles. The number of ether oxygens (including phenoxy) is 1. The number of Topliss-reactive ketones (excluding diaryl/α,β-unsaturated/α-hetero) is 1. The van der Waals surface area contributed by atoms with Crippen LogP contribution in [0.1, 0.15) is 21.5 Å². The molecule has 1 rings (SSSR count). The third-order valence-corrected chi connectivity index (χ3v) is 2.77. The zero-order chi connectivity index (χ0) is 12.8. The van der Waals surface area contributed by atoms with Crippen molar-refractivity contribution < 1.29 is 9.53 Å². The Kier molecular flexibility index (Phi) is 5.32. The minimum Gasteiger partial charge on any atom is -0.383 e. The summed E-state index contributed by atoms with van der Waals surface area (Å²) < 4.78 is 4.99. The Hall–Kier alpha value is -1.19. The highest BCUT2D eigenvalue weighted by molar-refractivity contribution is 5.98. The topological polar surface area (TPSA) is 29.5 Å². The molecule has 0 aromatic heterocycles. The van der Waals surface area contributed by atoms with Gasteiger partial charge in [-0.2, -0.15) is 0 Å². The van der Waals surface area contributed by atoms with Crippen LogP contribution < -0.4 is 0 Å². The van der Waals surface area contributed by atoms with Crippen molar-refractivity contribution in [1.29, 1.82) is 0 Å². The molecule has 0 aliphatic heterocycles. The third kappa shape index (κ3) is 4.29. The van der Waals surface area contributed by atoms with E-state index < -0.39 is 0 Å². The van der Waals surface area contributed by atoms with Crippen LogP contribution in [-0.4, -0.2) is 44.5 Å². The molecular weight excluding hydrogens is 214 g/mol. The van der Waals surface area contributed by atoms with Gasteiger partial charge in [-0.1, -0.05) is 23.8 Å². The fraction of sp³-hybridized carbons (Fsp3) is 0.500. The van der Waals surface area contributed by atoms with Crippen molar-refractivity contribution in [2.75, 3.05) is 33.9 Å². The standard InChI is InChI=1S/C14H21NO2/c1-11-5-6-13(12(2)9-11)14(16)10-15(3)7-8-17-4/h5-6,9H,7-8,10H2,1-4H3. The molecule has 3 nitrogen and oxygen atoms in total. The maximum atomic E-state index is 12.1. The second-order valence-electron chi connectivity index (χ2n) is 4.47. The van der Waals surface area contributed by atoms with Crippen molar-refractivity contribution in [3.63, 3.8) is 0 Å². The summed E-state index contributed by atoms with van der Waals surface area (Å²) in [6.45, 7) is 5.87. The SMILES string of the molecule is COCCN(C)CC(=O)c1ccc(C)cc1C. The van der Waals surface area contributed by atoms with E-state index in [0.717, 1.165) is 17.7 Å². The summed E-state index contributed by atoms with van der Waals surface area (Å²) in [4.78, 5) is 14.0. The summed E-state index contributed by atoms with van der Waals surface area (Å²) in [5.41, 5.74) is 3.06. The Bertz CT molecular complexity index is 388. The number of ketones is 1. The van der Waals surface area contributed by atoms with Crippen LogP contribution in [-0.2, 0) is 4.74 Å². The summed E-state index contributed by atoms with van der Waals surface area (Å²) in [5, 5.41) is 0. The van der Waals surface area contributed by atoms with Crippen LogP contribution in [0, 0.1) is 13.8 Å². The van der Waals surface area contributed by atoms with Gasteiger partial charge in [0, 0.05) is 19.2 Å². The maximum absolute atomic E-state index is 12.1. The van der Waals surface area contributed by atoms with E-state index in [1.165, 1.54) is 5.56 Å². The fourth-order valence-electron chi connectivity index (χ4n) is 1.78. The number of carbonyl (C=O) groups excluding carboxylic acids is 1. The lowest BCUT2D eigenvalue weighted by molar-refractivity contribution is 0.0922. The lowest BCUT2D eigenvalue weighted by atomic mass is 10.0. The third-order valence-electron chi connectivity index (χ3n) is 2.77. The largest absolute Gasteiger partial charge is 0.383 e. The van der Waals surface area contributed by atoms with Crippen molar-refractivity contribution >= 4 is 5.78 Å². The lowest BCUT2D eigenvalue weighted by Crippen LogP contribution is -2.29. The van der Waals surface area contributed by atoms with Gasteiger partial charge in [0.1, 0.15) is 0 Å². The Morgan fingerprint density at radius 2 is 2.06 bits per heavy atom. The zero-order valence-electron chi connectivity index (χ0n) is 11.1. The van der Waals surface area contributed by atoms with Gasteiger partial charge >= 0.3 is 0 Å². The van der Waals surface area contributed by atoms with Crippen LogP contribution >= 0.6 is 0 Å². The molecule has 0 heterocycles. The van der Waals surface area contributed by atoms with Crippen molar-refractivity contribution in [1.82, 2.24) is 4.90 Å². The molecule has 0 aliphatic carbocycles. The van der Waals surface area contributed by atoms with Gasteiger partial charge in [0.15, 0.2) is 5.78 Å². The number of benzene rings is 1. The maximum Gasteiger partial charge on any atom is 0.177 e. The van der Waals surface area contributed by atoms with Gasteiger partial charge < -0.3 is 4.74 Å². The molecular formula is C14H21NO2. The Balaban J connectivity index is 2.63. The van der Waals surface area contributed by atoms with Crippen LogP contribution in [0.5, 0.6) is 0 Å². The van der Waals surface area contributed by atoms with E-state index >= 15 is 0 Å². The smallest absolute Gasteiger partial charge is 0.177 e. The van der Waals surface area contributed by atoms with Crippen molar-refractivity contribution in [3.8, 4) is 0 Å². The number of aryl methyl sites for hydroxylation is 2. The average molecular weight is 235 g/mol. The quantitative estimate of drug-likeness (QED) is 0.707. The summed E-state index contributed by atoms with van der Waals surface area (Å²) in [5.74, 6) is 0.168. The van der Waals surface area contributed by atoms with E-state index in [1.54, 1.807) is 7.11 Å². The highest BCUT2D eigenvalue weighted by Crippen LogP contribution is 2.11. The molecule has 0 fully saturated rings. The van der Waals surface area contributed by atoms with Crippen molar-refractivity contribution in [2.24, 2.45) is 0 Å². The van der Waals surface area contributed by atoms with Gasteiger partial charge in [-0.05, 0) is 26.5 Å². The number of hydrogen-bond donors (Lipinski definition) is 0. The minimum atomic E-state index is 0.168. The van der Waals surface area contributed by atoms with Crippen LogP contribution in [0.4, 0.5) is 0 Å². The zero-order valence-corrected chi connectivity index (χ0v) is 11.1. The fourth-order valence-corrected chi connectivity index (χ4v) is 1.78. The normalized spacial score (nSPS) is 10.9. The lowest BCUT2D eigenvalue weighted by Gasteiger charge is -2.15. The molecule has 17 heavy (non-hydrogen) atoms. The summed E-state index contributed by atoms with van der Waals surface area (Å²) in [7, 11) is 3.60. The first-order valence-electron chi connectivity index (χ1n) is 5.82. The second-order valence-corrected chi connectivity index (χ2v) is 4.47. The molecule has 1 aromatic rings. The molecule has 0 saturated carbocycles. The first kappa shape index (κ1) is 13.9. The molecule has 94 valence electrons. The second kappa shape index (κ2) is 6.52. The molecule has 0 N–H and O–H groups in total. The van der Waals surface area contributed by atoms with E-state index in [9.17, 15) is 4.79 Å². The molecule has 3 heteroatoms. The van der Waals surface area contributed by atoms with Crippen molar-refractivity contribution in [3.05, 3.63) is 34.9 Å². The van der Waals surface area contributed by atoms with Crippen LogP contribution in [0.3, 0.4) is 0 Å². The van der Waals surface area contributed by atoms with Crippen LogP contribution in [0.15, 0.2) is 18.2 Å². The van der Waals surface area contributed by atoms with Crippen LogP contribution in [0.2, 0.25) is 0 Å². The first-order chi connectivity index (χ1) is 8.04. The summed E-state index contributed by atoms with van der Waals surface area (Å²) >= 11 is 0. The minimum absolute atomic E-state index is 0.168. The molecule has 0 amide bonds. The predicted octanol–water partition coefficient (Wildman–Crippen LogP) is 2.06. The number of carbonyl (C=O) groups is 1. The van der Waals surface area contributed by atoms with Gasteiger partial charge in [-0.15, -0.1) is 0 Å². The van der Waals surface area contributed by atoms with E-state index in [4.69, 9.17) is 4.74 Å². The molecule has 0 atom stereocenters. The van der Waals surface area contributed by atoms with Gasteiger partial charge in [-0.25, -0.2) is 0 Å². The molecule has 0 spiro atoms. The van der Waals surface area contributed by atoms with Gasteiger partial charge in [0.05, 0.1) is 13.2 Å². The van der Waals surface area contributed by atoms with Crippen molar-refractivity contribution in [2.45, 2.75) is 13.8 Å². The van der Waals surface area contributed by atoms with Gasteiger partial charge in [-0.3, -0.25) is 9.69 Å². The first-order valence-corrected chi connectivity index (χ1v) is 5.82. The number of nitrogens with zero attached hydrogens (tertiary/aromatic N) is 1. The van der Waals surface area contributed by atoms with Gasteiger partial charge in [0.25, 0.3) is 0 Å². The van der Waals surface area contributed by atoms with E-state index in [2.05, 4.69) is 0 Å². The van der Waals surface area contributed by atoms with E-state index in [-0.39, 0.29) is 5.78 Å². The van der Waals surface area contributed by atoms with E-state index in [1.807, 2.05) is 44.0 Å². The number of rotatable bonds is 6. The Morgan fingerprint density at radius 1 is 1.35 bits per heavy atom. The number of methoxy groups -OCH3 is 1. The summed E-state index contributed by atoms with van der Waals surface area (Å²) in [6.07, 6.45) is 0. The average Bonchev–Trinajstić information content (AvgIpc) is 2.26.